The molecule has 0 spiro atoms. The van der Waals surface area contributed by atoms with Gasteiger partial charge in [0.2, 0.25) is 5.91 Å². The van der Waals surface area contributed by atoms with Crippen LogP contribution >= 0.6 is 12.6 Å². The highest BCUT2D eigenvalue weighted by Gasteiger charge is 2.25. The zero-order valence-corrected chi connectivity index (χ0v) is 14.2. The first-order valence-corrected chi connectivity index (χ1v) is 8.07. The molecule has 23 heavy (non-hydrogen) atoms. The molecule has 124 valence electrons. The van der Waals surface area contributed by atoms with Crippen molar-refractivity contribution in [2.75, 3.05) is 13.2 Å². The minimum Gasteiger partial charge on any atom is -0.396 e. The van der Waals surface area contributed by atoms with Gasteiger partial charge >= 0.3 is 0 Å². The normalized spacial score (nSPS) is 12.4. The van der Waals surface area contributed by atoms with Crippen LogP contribution in [0.4, 0.5) is 0 Å². The fraction of sp³-hybridized carbons (Fsp3) is 0.438. The van der Waals surface area contributed by atoms with Crippen molar-refractivity contribution in [2.24, 2.45) is 5.92 Å². The Kier molecular flexibility index (Phi) is 6.18. The van der Waals surface area contributed by atoms with E-state index < -0.39 is 6.04 Å². The highest BCUT2D eigenvalue weighted by Crippen LogP contribution is 2.22. The number of carbonyl (C=O) groups is 1. The van der Waals surface area contributed by atoms with Crippen molar-refractivity contribution in [3.63, 3.8) is 0 Å². The number of aliphatic hydroxyl groups is 1. The molecule has 0 aliphatic carbocycles. The Morgan fingerprint density at radius 3 is 2.65 bits per heavy atom. The first-order chi connectivity index (χ1) is 11.0. The lowest BCUT2D eigenvalue weighted by Gasteiger charge is -2.19. The van der Waals surface area contributed by atoms with E-state index in [4.69, 9.17) is 5.11 Å². The summed E-state index contributed by atoms with van der Waals surface area (Å²) in [6.45, 7) is 4.44. The molecule has 1 aromatic heterocycles. The molecule has 0 bridgehead atoms. The molecule has 2 N–H and O–H groups in total. The fourth-order valence-corrected chi connectivity index (χ4v) is 2.45. The van der Waals surface area contributed by atoms with Crippen LogP contribution in [0.1, 0.15) is 26.3 Å². The molecule has 1 aromatic carbocycles. The molecular weight excluding hydrogens is 312 g/mol. The average molecular weight is 334 g/mol. The van der Waals surface area contributed by atoms with E-state index in [0.717, 1.165) is 10.5 Å². The lowest BCUT2D eigenvalue weighted by Crippen LogP contribution is -2.36. The predicted octanol–water partition coefficient (Wildman–Crippen LogP) is 1.93. The molecule has 0 saturated heterocycles. The van der Waals surface area contributed by atoms with Gasteiger partial charge < -0.3 is 10.4 Å². The molecule has 0 unspecified atom stereocenters. The largest absolute Gasteiger partial charge is 0.396 e. The Morgan fingerprint density at radius 2 is 2.04 bits per heavy atom. The van der Waals surface area contributed by atoms with Gasteiger partial charge in [-0.1, -0.05) is 31.2 Å². The molecule has 2 rings (SSSR count). The molecule has 0 radical (unpaired) electrons. The van der Waals surface area contributed by atoms with Gasteiger partial charge in [-0.05, 0) is 24.5 Å². The summed E-state index contributed by atoms with van der Waals surface area (Å²) in [6, 6.07) is 7.18. The molecule has 0 aliphatic rings. The van der Waals surface area contributed by atoms with E-state index in [0.29, 0.717) is 18.7 Å². The third-order valence-electron chi connectivity index (χ3n) is 3.49. The Bertz CT molecular complexity index is 640. The summed E-state index contributed by atoms with van der Waals surface area (Å²) in [4.78, 5) is 13.2. The number of benzene rings is 1. The molecule has 6 nitrogen and oxygen atoms in total. The molecule has 0 saturated carbocycles. The Morgan fingerprint density at radius 1 is 1.35 bits per heavy atom. The predicted molar refractivity (Wildman–Crippen MR) is 91.3 cm³/mol. The molecule has 0 fully saturated rings. The second kappa shape index (κ2) is 8.12. The molecule has 1 atom stereocenters. The van der Waals surface area contributed by atoms with Crippen LogP contribution in [0.25, 0.3) is 11.3 Å². The van der Waals surface area contributed by atoms with Crippen molar-refractivity contribution in [1.29, 1.82) is 0 Å². The number of nitrogens with zero attached hydrogens (tertiary/aromatic N) is 3. The van der Waals surface area contributed by atoms with Gasteiger partial charge in [0.05, 0.1) is 6.20 Å². The number of nitrogens with one attached hydrogen (secondary N) is 1. The summed E-state index contributed by atoms with van der Waals surface area (Å²) in [5, 5.41) is 19.9. The lowest BCUT2D eigenvalue weighted by molar-refractivity contribution is -0.125. The topological polar surface area (TPSA) is 80.0 Å². The Labute approximate surface area is 141 Å². The Balaban J connectivity index is 2.17. The smallest absolute Gasteiger partial charge is 0.245 e. The number of aromatic nitrogens is 3. The van der Waals surface area contributed by atoms with Crippen molar-refractivity contribution in [2.45, 2.75) is 31.2 Å². The summed E-state index contributed by atoms with van der Waals surface area (Å²) in [6.07, 6.45) is 2.32. The van der Waals surface area contributed by atoms with Gasteiger partial charge in [0.15, 0.2) is 0 Å². The van der Waals surface area contributed by atoms with E-state index in [-0.39, 0.29) is 18.4 Å². The van der Waals surface area contributed by atoms with Crippen LogP contribution < -0.4 is 5.32 Å². The van der Waals surface area contributed by atoms with Crippen LogP contribution in [0, 0.1) is 5.92 Å². The summed E-state index contributed by atoms with van der Waals surface area (Å²) in [5.74, 6) is -0.0471. The minimum atomic E-state index is -0.431. The summed E-state index contributed by atoms with van der Waals surface area (Å²) < 4.78 is 1.60. The van der Waals surface area contributed by atoms with E-state index in [9.17, 15) is 4.79 Å². The number of hydrogen-bond donors (Lipinski definition) is 3. The molecule has 0 aliphatic heterocycles. The zero-order valence-electron chi connectivity index (χ0n) is 13.3. The monoisotopic (exact) mass is 334 g/mol. The first-order valence-electron chi connectivity index (χ1n) is 7.62. The van der Waals surface area contributed by atoms with Crippen LogP contribution in [0.15, 0.2) is 35.4 Å². The number of rotatable bonds is 7. The zero-order chi connectivity index (χ0) is 16.8. The molecular formula is C16H22N4O2S. The quantitative estimate of drug-likeness (QED) is 0.534. The van der Waals surface area contributed by atoms with Gasteiger partial charge in [-0.3, -0.25) is 4.79 Å². The van der Waals surface area contributed by atoms with E-state index in [2.05, 4.69) is 28.3 Å². The highest BCUT2D eigenvalue weighted by molar-refractivity contribution is 7.80. The van der Waals surface area contributed by atoms with Gasteiger partial charge in [0.25, 0.3) is 0 Å². The highest BCUT2D eigenvalue weighted by atomic mass is 32.1. The van der Waals surface area contributed by atoms with Crippen LogP contribution in [-0.2, 0) is 4.79 Å². The van der Waals surface area contributed by atoms with Gasteiger partial charge in [-0.15, -0.1) is 17.7 Å². The molecule has 1 heterocycles. The molecule has 2 aromatic rings. The number of carbonyl (C=O) groups excluding carboxylic acids is 1. The first kappa shape index (κ1) is 17.5. The third kappa shape index (κ3) is 4.56. The summed E-state index contributed by atoms with van der Waals surface area (Å²) >= 11 is 4.26. The second-order valence-corrected chi connectivity index (χ2v) is 6.20. The van der Waals surface area contributed by atoms with E-state index in [1.54, 1.807) is 10.9 Å². The maximum atomic E-state index is 12.4. The Hall–Kier alpha value is -1.86. The number of aliphatic hydroxyl groups excluding tert-OH is 1. The van der Waals surface area contributed by atoms with Crippen molar-refractivity contribution in [3.8, 4) is 11.3 Å². The van der Waals surface area contributed by atoms with Crippen LogP contribution in [-0.4, -0.2) is 39.2 Å². The minimum absolute atomic E-state index is 0.0568. The maximum Gasteiger partial charge on any atom is 0.245 e. The van der Waals surface area contributed by atoms with Crippen LogP contribution in [0.3, 0.4) is 0 Å². The summed E-state index contributed by atoms with van der Waals surface area (Å²) in [7, 11) is 0. The van der Waals surface area contributed by atoms with Crippen molar-refractivity contribution >= 4 is 18.5 Å². The van der Waals surface area contributed by atoms with Crippen molar-refractivity contribution < 1.29 is 9.90 Å². The van der Waals surface area contributed by atoms with Gasteiger partial charge in [-0.2, -0.15) is 0 Å². The number of amides is 1. The SMILES string of the molecule is CC(C)[C@@H](C(=O)NCCCO)n1cc(-c2ccc(S)cc2)nn1. The lowest BCUT2D eigenvalue weighted by atomic mass is 10.0. The summed E-state index contributed by atoms with van der Waals surface area (Å²) in [5.41, 5.74) is 1.64. The van der Waals surface area contributed by atoms with Crippen molar-refractivity contribution in [3.05, 3.63) is 30.5 Å². The second-order valence-electron chi connectivity index (χ2n) is 5.69. The van der Waals surface area contributed by atoms with E-state index >= 15 is 0 Å². The molecule has 1 amide bonds. The maximum absolute atomic E-state index is 12.4. The van der Waals surface area contributed by atoms with Crippen molar-refractivity contribution in [1.82, 2.24) is 20.3 Å². The van der Waals surface area contributed by atoms with Crippen LogP contribution in [0.2, 0.25) is 0 Å². The van der Waals surface area contributed by atoms with Gasteiger partial charge in [0.1, 0.15) is 11.7 Å². The number of thiol groups is 1. The van der Waals surface area contributed by atoms with Crippen LogP contribution in [0.5, 0.6) is 0 Å². The molecule has 7 heteroatoms. The van der Waals surface area contributed by atoms with E-state index in [1.807, 2.05) is 38.1 Å². The van der Waals surface area contributed by atoms with E-state index in [1.165, 1.54) is 0 Å². The average Bonchev–Trinajstić information content (AvgIpc) is 2.97. The van der Waals surface area contributed by atoms with Gasteiger partial charge in [0, 0.05) is 23.6 Å². The standard InChI is InChI=1S/C16H22N4O2S/c1-11(2)15(16(22)17-8-3-9-21)20-10-14(18-19-20)12-4-6-13(23)7-5-12/h4-7,10-11,15,21,23H,3,8-9H2,1-2H3,(H,17,22)/t15-/m0/s1. The number of hydrogen-bond acceptors (Lipinski definition) is 5. The fourth-order valence-electron chi connectivity index (χ4n) is 2.30. The third-order valence-corrected chi connectivity index (χ3v) is 3.79. The van der Waals surface area contributed by atoms with Gasteiger partial charge in [-0.25, -0.2) is 4.68 Å².